The van der Waals surface area contributed by atoms with Crippen molar-refractivity contribution >= 4 is 11.0 Å². The highest BCUT2D eigenvalue weighted by Crippen LogP contribution is 2.38. The van der Waals surface area contributed by atoms with E-state index in [4.69, 9.17) is 9.15 Å². The minimum atomic E-state index is -0.625. The van der Waals surface area contributed by atoms with Gasteiger partial charge in [0.1, 0.15) is 33.8 Å². The van der Waals surface area contributed by atoms with Gasteiger partial charge < -0.3 is 14.3 Å². The SMILES string of the molecule is C=CC(C)(C)Oc1cc2oc(C)c(C)c(=O)c2c(O)c1CC=C(C)C. The quantitative estimate of drug-likeness (QED) is 0.780. The van der Waals surface area contributed by atoms with E-state index in [-0.39, 0.29) is 16.6 Å². The van der Waals surface area contributed by atoms with Crippen molar-refractivity contribution in [1.29, 1.82) is 0 Å². The van der Waals surface area contributed by atoms with Crippen molar-refractivity contribution in [2.45, 2.75) is 53.6 Å². The number of phenols is 1. The first kappa shape index (κ1) is 18.8. The second-order valence-electron chi connectivity index (χ2n) is 7.08. The van der Waals surface area contributed by atoms with Gasteiger partial charge >= 0.3 is 0 Å². The van der Waals surface area contributed by atoms with E-state index in [0.717, 1.165) is 5.57 Å². The van der Waals surface area contributed by atoms with Crippen molar-refractivity contribution in [3.8, 4) is 11.5 Å². The Kier molecular flexibility index (Phi) is 5.12. The van der Waals surface area contributed by atoms with Crippen LogP contribution in [0, 0.1) is 13.8 Å². The number of phenolic OH excluding ortho intramolecular Hbond substituents is 1. The number of aromatic hydroxyl groups is 1. The van der Waals surface area contributed by atoms with Gasteiger partial charge in [-0.15, -0.1) is 0 Å². The van der Waals surface area contributed by atoms with Crippen LogP contribution in [0.5, 0.6) is 11.5 Å². The Morgan fingerprint density at radius 3 is 2.56 bits per heavy atom. The lowest BCUT2D eigenvalue weighted by atomic mass is 10.0. The van der Waals surface area contributed by atoms with Crippen LogP contribution in [0.15, 0.2) is 39.6 Å². The molecule has 2 rings (SSSR count). The summed E-state index contributed by atoms with van der Waals surface area (Å²) in [5, 5.41) is 11.0. The lowest BCUT2D eigenvalue weighted by Gasteiger charge is -2.25. The molecular formula is C21H26O4. The molecule has 0 saturated heterocycles. The fraction of sp³-hybridized carbons (Fsp3) is 0.381. The zero-order valence-corrected chi connectivity index (χ0v) is 15.8. The summed E-state index contributed by atoms with van der Waals surface area (Å²) in [7, 11) is 0. The largest absolute Gasteiger partial charge is 0.507 e. The average Bonchev–Trinajstić information content (AvgIpc) is 2.51. The highest BCUT2D eigenvalue weighted by atomic mass is 16.5. The molecule has 1 N–H and O–H groups in total. The second kappa shape index (κ2) is 6.79. The first-order chi connectivity index (χ1) is 11.6. The van der Waals surface area contributed by atoms with E-state index in [1.807, 2.05) is 33.8 Å². The third-order valence-corrected chi connectivity index (χ3v) is 4.27. The number of rotatable bonds is 5. The number of hydrogen-bond donors (Lipinski definition) is 1. The van der Waals surface area contributed by atoms with Crippen LogP contribution in [0.3, 0.4) is 0 Å². The van der Waals surface area contributed by atoms with Gasteiger partial charge in [0.25, 0.3) is 0 Å². The standard InChI is InChI=1S/C21H26O4/c1-8-21(6,7)25-16-11-17-18(19(22)13(4)14(5)24-17)20(23)15(16)10-9-12(2)3/h8-9,11,23H,1,10H2,2-7H3. The maximum Gasteiger partial charge on any atom is 0.199 e. The van der Waals surface area contributed by atoms with Gasteiger partial charge in [-0.3, -0.25) is 4.79 Å². The molecule has 2 aromatic rings. The van der Waals surface area contributed by atoms with E-state index in [0.29, 0.717) is 34.6 Å². The van der Waals surface area contributed by atoms with Crippen LogP contribution >= 0.6 is 0 Å². The van der Waals surface area contributed by atoms with E-state index < -0.39 is 5.60 Å². The van der Waals surface area contributed by atoms with Gasteiger partial charge in [-0.1, -0.05) is 18.2 Å². The summed E-state index contributed by atoms with van der Waals surface area (Å²) in [6.45, 7) is 14.9. The summed E-state index contributed by atoms with van der Waals surface area (Å²) < 4.78 is 11.8. The van der Waals surface area contributed by atoms with Crippen molar-refractivity contribution < 1.29 is 14.3 Å². The predicted octanol–water partition coefficient (Wildman–Crippen LogP) is 4.97. The molecule has 0 unspecified atom stereocenters. The molecule has 4 nitrogen and oxygen atoms in total. The van der Waals surface area contributed by atoms with E-state index in [2.05, 4.69) is 6.58 Å². The van der Waals surface area contributed by atoms with Crippen LogP contribution in [-0.2, 0) is 6.42 Å². The van der Waals surface area contributed by atoms with Gasteiger partial charge in [0.15, 0.2) is 5.43 Å². The van der Waals surface area contributed by atoms with Crippen LogP contribution in [0.25, 0.3) is 11.0 Å². The lowest BCUT2D eigenvalue weighted by molar-refractivity contribution is 0.160. The van der Waals surface area contributed by atoms with Crippen LogP contribution in [-0.4, -0.2) is 10.7 Å². The number of hydrogen-bond acceptors (Lipinski definition) is 4. The summed E-state index contributed by atoms with van der Waals surface area (Å²) in [5.41, 5.74) is 1.65. The minimum Gasteiger partial charge on any atom is -0.507 e. The minimum absolute atomic E-state index is 0.0817. The zero-order chi connectivity index (χ0) is 18.9. The maximum absolute atomic E-state index is 12.6. The van der Waals surface area contributed by atoms with Crippen LogP contribution in [0.4, 0.5) is 0 Å². The van der Waals surface area contributed by atoms with E-state index in [9.17, 15) is 9.90 Å². The summed E-state index contributed by atoms with van der Waals surface area (Å²) in [5.74, 6) is 0.934. The average molecular weight is 342 g/mol. The van der Waals surface area contributed by atoms with Crippen molar-refractivity contribution in [1.82, 2.24) is 0 Å². The molecule has 0 atom stereocenters. The first-order valence-corrected chi connectivity index (χ1v) is 8.32. The van der Waals surface area contributed by atoms with Crippen molar-refractivity contribution in [2.75, 3.05) is 0 Å². The normalized spacial score (nSPS) is 11.4. The summed E-state index contributed by atoms with van der Waals surface area (Å²) >= 11 is 0. The number of aryl methyl sites for hydroxylation is 1. The fourth-order valence-electron chi connectivity index (χ4n) is 2.47. The van der Waals surface area contributed by atoms with Gasteiger partial charge in [0.2, 0.25) is 0 Å². The Labute approximate surface area is 148 Å². The van der Waals surface area contributed by atoms with Crippen molar-refractivity contribution in [3.05, 3.63) is 57.5 Å². The van der Waals surface area contributed by atoms with Gasteiger partial charge in [-0.25, -0.2) is 0 Å². The smallest absolute Gasteiger partial charge is 0.199 e. The summed E-state index contributed by atoms with van der Waals surface area (Å²) in [6, 6.07) is 1.68. The number of ether oxygens (including phenoxy) is 1. The Balaban J connectivity index is 2.83. The monoisotopic (exact) mass is 342 g/mol. The first-order valence-electron chi connectivity index (χ1n) is 8.32. The van der Waals surface area contributed by atoms with E-state index in [1.54, 1.807) is 26.0 Å². The molecule has 0 aliphatic rings. The molecule has 134 valence electrons. The molecular weight excluding hydrogens is 316 g/mol. The molecule has 25 heavy (non-hydrogen) atoms. The van der Waals surface area contributed by atoms with Gasteiger partial charge in [0, 0.05) is 17.2 Å². The Hall–Kier alpha value is -2.49. The van der Waals surface area contributed by atoms with Gasteiger partial charge in [0.05, 0.1) is 0 Å². The highest BCUT2D eigenvalue weighted by Gasteiger charge is 2.23. The Bertz CT molecular complexity index is 910. The molecule has 1 aromatic carbocycles. The predicted molar refractivity (Wildman–Crippen MR) is 102 cm³/mol. The van der Waals surface area contributed by atoms with Gasteiger partial charge in [-0.2, -0.15) is 0 Å². The molecule has 0 spiro atoms. The van der Waals surface area contributed by atoms with Crippen molar-refractivity contribution in [3.63, 3.8) is 0 Å². The third-order valence-electron chi connectivity index (χ3n) is 4.27. The molecule has 0 aliphatic heterocycles. The molecule has 0 fully saturated rings. The second-order valence-corrected chi connectivity index (χ2v) is 7.08. The van der Waals surface area contributed by atoms with Crippen LogP contribution in [0.2, 0.25) is 0 Å². The topological polar surface area (TPSA) is 59.7 Å². The molecule has 0 bridgehead atoms. The van der Waals surface area contributed by atoms with E-state index >= 15 is 0 Å². The number of allylic oxidation sites excluding steroid dienone is 2. The van der Waals surface area contributed by atoms with Crippen LogP contribution < -0.4 is 10.2 Å². The van der Waals surface area contributed by atoms with Crippen LogP contribution in [0.1, 0.15) is 44.6 Å². The number of benzene rings is 1. The summed E-state index contributed by atoms with van der Waals surface area (Å²) in [6.07, 6.45) is 4.13. The zero-order valence-electron chi connectivity index (χ0n) is 15.8. The molecule has 0 aliphatic carbocycles. The van der Waals surface area contributed by atoms with Crippen molar-refractivity contribution in [2.24, 2.45) is 0 Å². The lowest BCUT2D eigenvalue weighted by Crippen LogP contribution is -2.25. The molecule has 1 aromatic heterocycles. The van der Waals surface area contributed by atoms with E-state index in [1.165, 1.54) is 0 Å². The molecule has 0 saturated carbocycles. The fourth-order valence-corrected chi connectivity index (χ4v) is 2.47. The summed E-state index contributed by atoms with van der Waals surface area (Å²) in [4.78, 5) is 12.6. The number of fused-ring (bicyclic) bond motifs is 1. The van der Waals surface area contributed by atoms with Gasteiger partial charge in [-0.05, 0) is 54.0 Å². The Morgan fingerprint density at radius 2 is 2.00 bits per heavy atom. The molecule has 1 heterocycles. The highest BCUT2D eigenvalue weighted by molar-refractivity contribution is 5.87. The Morgan fingerprint density at radius 1 is 1.36 bits per heavy atom. The molecule has 4 heteroatoms. The molecule has 0 amide bonds. The molecule has 0 radical (unpaired) electrons. The third kappa shape index (κ3) is 3.78. The maximum atomic E-state index is 12.6.